The highest BCUT2D eigenvalue weighted by molar-refractivity contribution is 6.83. The van der Waals surface area contributed by atoms with E-state index in [1.807, 2.05) is 6.08 Å². The van der Waals surface area contributed by atoms with Crippen LogP contribution >= 0.6 is 0 Å². The second kappa shape index (κ2) is 2.71. The molecule has 0 spiro atoms. The highest BCUT2D eigenvalue weighted by Crippen LogP contribution is 2.17. The SMILES string of the molecule is CC1=CC([Si](C)(C)C)=C=C=C1. The average molecular weight is 162 g/mol. The van der Waals surface area contributed by atoms with Crippen molar-refractivity contribution in [3.63, 3.8) is 0 Å². The number of rotatable bonds is 1. The molecular formula is C10H14Si. The van der Waals surface area contributed by atoms with Crippen LogP contribution in [0.5, 0.6) is 0 Å². The molecule has 0 aromatic rings. The van der Waals surface area contributed by atoms with E-state index in [9.17, 15) is 0 Å². The first-order valence-electron chi connectivity index (χ1n) is 3.90. The standard InChI is InChI=1S/C10H14Si/c1-9-6-5-7-10(8-9)11(2,3)4/h6,8H,1-4H3. The van der Waals surface area contributed by atoms with Crippen LogP contribution < -0.4 is 0 Å². The van der Waals surface area contributed by atoms with Crippen LogP contribution in [0.1, 0.15) is 6.92 Å². The van der Waals surface area contributed by atoms with Crippen LogP contribution in [0.15, 0.2) is 34.4 Å². The molecule has 1 rings (SSSR count). The molecule has 0 aromatic heterocycles. The van der Waals surface area contributed by atoms with Crippen molar-refractivity contribution >= 4 is 8.07 Å². The summed E-state index contributed by atoms with van der Waals surface area (Å²) < 4.78 is 0. The smallest absolute Gasteiger partial charge is 0.0713 e. The summed E-state index contributed by atoms with van der Waals surface area (Å²) in [6.07, 6.45) is 4.20. The molecule has 0 N–H and O–H groups in total. The Kier molecular flexibility index (Phi) is 2.06. The molecule has 0 amide bonds. The maximum atomic E-state index is 3.19. The molecule has 0 saturated heterocycles. The van der Waals surface area contributed by atoms with E-state index >= 15 is 0 Å². The lowest BCUT2D eigenvalue weighted by molar-refractivity contribution is 1.48. The normalized spacial score (nSPS) is 16.4. The van der Waals surface area contributed by atoms with Gasteiger partial charge in [0.15, 0.2) is 0 Å². The van der Waals surface area contributed by atoms with Gasteiger partial charge in [0.25, 0.3) is 0 Å². The minimum Gasteiger partial charge on any atom is -0.0713 e. The summed E-state index contributed by atoms with van der Waals surface area (Å²) in [6, 6.07) is 0. The molecular weight excluding hydrogens is 148 g/mol. The Hall–Kier alpha value is -0.743. The van der Waals surface area contributed by atoms with Crippen LogP contribution in [0, 0.1) is 0 Å². The summed E-state index contributed by atoms with van der Waals surface area (Å²) >= 11 is 0. The number of allylic oxidation sites excluding steroid dienone is 4. The number of hydrogen-bond acceptors (Lipinski definition) is 0. The lowest BCUT2D eigenvalue weighted by Crippen LogP contribution is -2.22. The molecule has 0 aromatic carbocycles. The summed E-state index contributed by atoms with van der Waals surface area (Å²) in [5, 5.41) is 1.37. The minimum absolute atomic E-state index is 1.15. The summed E-state index contributed by atoms with van der Waals surface area (Å²) in [5.41, 5.74) is 7.52. The molecule has 1 heteroatoms. The molecule has 11 heavy (non-hydrogen) atoms. The van der Waals surface area contributed by atoms with E-state index in [1.54, 1.807) is 0 Å². The van der Waals surface area contributed by atoms with E-state index in [0.29, 0.717) is 0 Å². The van der Waals surface area contributed by atoms with Gasteiger partial charge in [-0.2, -0.15) is 0 Å². The molecule has 0 heterocycles. The molecule has 0 fully saturated rings. The van der Waals surface area contributed by atoms with Gasteiger partial charge in [0.05, 0.1) is 8.07 Å². The van der Waals surface area contributed by atoms with Crippen molar-refractivity contribution < 1.29 is 0 Å². The van der Waals surface area contributed by atoms with Gasteiger partial charge < -0.3 is 0 Å². The molecule has 0 bridgehead atoms. The zero-order chi connectivity index (χ0) is 8.48. The average Bonchev–Trinajstić information content (AvgIpc) is 1.86. The van der Waals surface area contributed by atoms with E-state index in [-0.39, 0.29) is 0 Å². The van der Waals surface area contributed by atoms with Gasteiger partial charge in [-0.15, -0.1) is 0 Å². The third kappa shape index (κ3) is 2.09. The quantitative estimate of drug-likeness (QED) is 0.410. The van der Waals surface area contributed by atoms with Crippen molar-refractivity contribution in [1.82, 2.24) is 0 Å². The summed E-state index contributed by atoms with van der Waals surface area (Å²) in [7, 11) is -1.15. The molecule has 0 unspecified atom stereocenters. The molecule has 1 aliphatic carbocycles. The van der Waals surface area contributed by atoms with Crippen LogP contribution in [-0.2, 0) is 0 Å². The van der Waals surface area contributed by atoms with Crippen LogP contribution in [0.3, 0.4) is 0 Å². The molecule has 0 saturated carbocycles. The second-order valence-corrected chi connectivity index (χ2v) is 9.00. The first-order chi connectivity index (χ1) is 5.00. The van der Waals surface area contributed by atoms with Gasteiger partial charge in [-0.25, -0.2) is 0 Å². The van der Waals surface area contributed by atoms with E-state index in [2.05, 4.69) is 44.1 Å². The van der Waals surface area contributed by atoms with Crippen molar-refractivity contribution in [2.45, 2.75) is 26.6 Å². The molecule has 0 aliphatic heterocycles. The fourth-order valence-corrected chi connectivity index (χ4v) is 2.04. The molecule has 0 radical (unpaired) electrons. The van der Waals surface area contributed by atoms with Gasteiger partial charge in [0.2, 0.25) is 0 Å². The van der Waals surface area contributed by atoms with Gasteiger partial charge in [0, 0.05) is 0 Å². The Morgan fingerprint density at radius 3 is 2.27 bits per heavy atom. The fraction of sp³-hybridized carbons (Fsp3) is 0.400. The Bertz CT molecular complexity index is 287. The zero-order valence-corrected chi connectivity index (χ0v) is 8.65. The monoisotopic (exact) mass is 162 g/mol. The van der Waals surface area contributed by atoms with Crippen molar-refractivity contribution in [3.8, 4) is 0 Å². The third-order valence-electron chi connectivity index (χ3n) is 1.69. The Balaban J connectivity index is 3.10. The predicted molar refractivity (Wildman–Crippen MR) is 52.2 cm³/mol. The minimum atomic E-state index is -1.15. The van der Waals surface area contributed by atoms with Crippen LogP contribution in [0.4, 0.5) is 0 Å². The lowest BCUT2D eigenvalue weighted by Gasteiger charge is -2.16. The van der Waals surface area contributed by atoms with Crippen LogP contribution in [0.2, 0.25) is 19.6 Å². The maximum absolute atomic E-state index is 3.19. The Labute approximate surface area is 69.6 Å². The van der Waals surface area contributed by atoms with E-state index in [0.717, 1.165) is 0 Å². The van der Waals surface area contributed by atoms with Gasteiger partial charge in [-0.3, -0.25) is 0 Å². The first kappa shape index (κ1) is 8.35. The summed E-state index contributed by atoms with van der Waals surface area (Å²) in [5.74, 6) is 0. The zero-order valence-electron chi connectivity index (χ0n) is 7.65. The predicted octanol–water partition coefficient (Wildman–Crippen LogP) is 3.06. The Morgan fingerprint density at radius 2 is 1.91 bits per heavy atom. The second-order valence-electron chi connectivity index (χ2n) is 3.97. The molecule has 58 valence electrons. The van der Waals surface area contributed by atoms with Crippen LogP contribution in [0.25, 0.3) is 0 Å². The third-order valence-corrected chi connectivity index (χ3v) is 3.57. The van der Waals surface area contributed by atoms with Crippen molar-refractivity contribution in [3.05, 3.63) is 34.4 Å². The largest absolute Gasteiger partial charge is 0.0884 e. The van der Waals surface area contributed by atoms with E-state index in [1.165, 1.54) is 10.8 Å². The first-order valence-corrected chi connectivity index (χ1v) is 7.40. The number of hydrogen-bond donors (Lipinski definition) is 0. The van der Waals surface area contributed by atoms with Crippen LogP contribution in [-0.4, -0.2) is 8.07 Å². The van der Waals surface area contributed by atoms with E-state index in [4.69, 9.17) is 0 Å². The van der Waals surface area contributed by atoms with Crippen molar-refractivity contribution in [2.24, 2.45) is 0 Å². The molecule has 0 nitrogen and oxygen atoms in total. The summed E-state index contributed by atoms with van der Waals surface area (Å²) in [4.78, 5) is 0. The van der Waals surface area contributed by atoms with Gasteiger partial charge in [0.1, 0.15) is 0 Å². The maximum Gasteiger partial charge on any atom is 0.0884 e. The highest BCUT2D eigenvalue weighted by atomic mass is 28.3. The molecule has 0 atom stereocenters. The Morgan fingerprint density at radius 1 is 1.27 bits per heavy atom. The fourth-order valence-electron chi connectivity index (χ4n) is 0.937. The highest BCUT2D eigenvalue weighted by Gasteiger charge is 2.17. The van der Waals surface area contributed by atoms with Crippen molar-refractivity contribution in [2.75, 3.05) is 0 Å². The van der Waals surface area contributed by atoms with E-state index < -0.39 is 8.07 Å². The molecule has 1 aliphatic rings. The van der Waals surface area contributed by atoms with Gasteiger partial charge in [-0.1, -0.05) is 37.2 Å². The van der Waals surface area contributed by atoms with Crippen molar-refractivity contribution in [1.29, 1.82) is 0 Å². The van der Waals surface area contributed by atoms with Gasteiger partial charge in [-0.05, 0) is 23.8 Å². The lowest BCUT2D eigenvalue weighted by atomic mass is 10.2. The summed E-state index contributed by atoms with van der Waals surface area (Å²) in [6.45, 7) is 9.08. The topological polar surface area (TPSA) is 0 Å². The van der Waals surface area contributed by atoms with Gasteiger partial charge >= 0.3 is 0 Å².